The lowest BCUT2D eigenvalue weighted by molar-refractivity contribution is -0.137. The van der Waals surface area contributed by atoms with Crippen molar-refractivity contribution >= 4 is 17.6 Å². The Balaban J connectivity index is 1.54. The van der Waals surface area contributed by atoms with Gasteiger partial charge in [0.25, 0.3) is 0 Å². The molecule has 1 N–H and O–H groups in total. The zero-order valence-electron chi connectivity index (χ0n) is 20.2. The van der Waals surface area contributed by atoms with Gasteiger partial charge in [0, 0.05) is 56.4 Å². The van der Waals surface area contributed by atoms with Gasteiger partial charge < -0.3 is 20.0 Å². The lowest BCUT2D eigenvalue weighted by Gasteiger charge is -2.43. The van der Waals surface area contributed by atoms with Crippen LogP contribution in [0.15, 0.2) is 18.2 Å². The topological polar surface area (TPSA) is 79.7 Å². The van der Waals surface area contributed by atoms with E-state index < -0.39 is 22.7 Å². The van der Waals surface area contributed by atoms with Crippen LogP contribution in [0.1, 0.15) is 50.7 Å². The zero-order valence-corrected chi connectivity index (χ0v) is 20.2. The number of halogens is 3. The van der Waals surface area contributed by atoms with Gasteiger partial charge in [-0.05, 0) is 57.7 Å². The summed E-state index contributed by atoms with van der Waals surface area (Å²) in [6, 6.07) is 5.57. The Morgan fingerprint density at radius 1 is 1.20 bits per heavy atom. The Hall–Kier alpha value is -2.96. The van der Waals surface area contributed by atoms with Crippen LogP contribution in [0.4, 0.5) is 23.7 Å². The highest BCUT2D eigenvalue weighted by Gasteiger charge is 2.53. The molecular weight excluding hydrogens is 459 g/mol. The van der Waals surface area contributed by atoms with Crippen molar-refractivity contribution in [2.75, 3.05) is 44.2 Å². The number of nitrogens with one attached hydrogen (secondary N) is 1. The van der Waals surface area contributed by atoms with Gasteiger partial charge in [-0.15, -0.1) is 0 Å². The molecule has 10 heteroatoms. The van der Waals surface area contributed by atoms with Crippen molar-refractivity contribution in [1.82, 2.24) is 15.1 Å². The smallest absolute Gasteiger partial charge is 0.371 e. The molecule has 190 valence electrons. The number of anilines is 1. The monoisotopic (exact) mass is 491 g/mol. The fourth-order valence-corrected chi connectivity index (χ4v) is 5.48. The van der Waals surface area contributed by atoms with Gasteiger partial charge in [-0.2, -0.15) is 18.4 Å². The number of piperidine rings is 1. The molecule has 35 heavy (non-hydrogen) atoms. The average Bonchev–Trinajstić information content (AvgIpc) is 3.58. The van der Waals surface area contributed by atoms with Gasteiger partial charge in [0.15, 0.2) is 0 Å². The van der Waals surface area contributed by atoms with Crippen LogP contribution < -0.4 is 10.2 Å². The molecule has 1 spiro atoms. The van der Waals surface area contributed by atoms with Crippen molar-refractivity contribution in [1.29, 1.82) is 5.26 Å². The molecule has 1 aromatic carbocycles. The Morgan fingerprint density at radius 3 is 2.40 bits per heavy atom. The fourth-order valence-electron chi connectivity index (χ4n) is 5.48. The number of alkyl halides is 3. The summed E-state index contributed by atoms with van der Waals surface area (Å²) >= 11 is 0. The minimum Gasteiger partial charge on any atom is -0.371 e. The highest BCUT2D eigenvalue weighted by molar-refractivity contribution is 5.83. The summed E-state index contributed by atoms with van der Waals surface area (Å²) in [4.78, 5) is 31.7. The Bertz CT molecular complexity index is 1010. The van der Waals surface area contributed by atoms with Crippen molar-refractivity contribution < 1.29 is 22.8 Å². The van der Waals surface area contributed by atoms with Crippen molar-refractivity contribution in [2.45, 2.75) is 51.7 Å². The van der Waals surface area contributed by atoms with Crippen molar-refractivity contribution in [3.8, 4) is 6.07 Å². The highest BCUT2D eigenvalue weighted by atomic mass is 19.4. The van der Waals surface area contributed by atoms with Crippen LogP contribution in [-0.2, 0) is 11.0 Å². The van der Waals surface area contributed by atoms with E-state index in [1.54, 1.807) is 21.9 Å². The Labute approximate surface area is 203 Å². The quantitative estimate of drug-likeness (QED) is 0.679. The normalized spacial score (nSPS) is 21.7. The van der Waals surface area contributed by atoms with Gasteiger partial charge in [-0.1, -0.05) is 0 Å². The summed E-state index contributed by atoms with van der Waals surface area (Å²) in [6.45, 7) is 6.82. The molecule has 1 aromatic rings. The van der Waals surface area contributed by atoms with Crippen LogP contribution in [0.25, 0.3) is 0 Å². The van der Waals surface area contributed by atoms with E-state index in [-0.39, 0.29) is 23.9 Å². The van der Waals surface area contributed by atoms with E-state index in [4.69, 9.17) is 5.26 Å². The van der Waals surface area contributed by atoms with Crippen molar-refractivity contribution in [2.24, 2.45) is 11.3 Å². The van der Waals surface area contributed by atoms with Crippen LogP contribution >= 0.6 is 0 Å². The predicted octanol–water partition coefficient (Wildman–Crippen LogP) is 3.84. The number of hydrogen-bond acceptors (Lipinski definition) is 4. The van der Waals surface area contributed by atoms with Gasteiger partial charge in [0.1, 0.15) is 0 Å². The number of nitriles is 1. The van der Waals surface area contributed by atoms with E-state index in [2.05, 4.69) is 5.32 Å². The zero-order chi connectivity index (χ0) is 25.4. The van der Waals surface area contributed by atoms with Gasteiger partial charge in [0.2, 0.25) is 5.91 Å². The van der Waals surface area contributed by atoms with Crippen LogP contribution in [-0.4, -0.2) is 67.0 Å². The summed E-state index contributed by atoms with van der Waals surface area (Å²) < 4.78 is 40.4. The first-order chi connectivity index (χ1) is 16.6. The van der Waals surface area contributed by atoms with E-state index in [1.807, 2.05) is 18.7 Å². The van der Waals surface area contributed by atoms with E-state index in [9.17, 15) is 22.8 Å². The molecule has 3 fully saturated rings. The van der Waals surface area contributed by atoms with Gasteiger partial charge in [-0.25, -0.2) is 4.79 Å². The van der Waals surface area contributed by atoms with Gasteiger partial charge in [-0.3, -0.25) is 4.79 Å². The largest absolute Gasteiger partial charge is 0.417 e. The number of carbonyl (C=O) groups excluding carboxylic acids is 2. The number of amides is 3. The maximum absolute atomic E-state index is 13.5. The number of benzene rings is 1. The summed E-state index contributed by atoms with van der Waals surface area (Å²) in [6.07, 6.45) is -1.47. The van der Waals surface area contributed by atoms with Crippen molar-refractivity contribution in [3.63, 3.8) is 0 Å². The molecule has 4 rings (SSSR count). The third kappa shape index (κ3) is 5.04. The number of likely N-dealkylation sites (tertiary alicyclic amines) is 1. The molecule has 0 bridgehead atoms. The first-order valence-electron chi connectivity index (χ1n) is 12.3. The Kier molecular flexibility index (Phi) is 6.89. The lowest BCUT2D eigenvalue weighted by Crippen LogP contribution is -2.49. The summed E-state index contributed by atoms with van der Waals surface area (Å²) in [7, 11) is 0. The van der Waals surface area contributed by atoms with Crippen molar-refractivity contribution in [3.05, 3.63) is 29.3 Å². The van der Waals surface area contributed by atoms with Gasteiger partial charge in [0.05, 0.1) is 23.1 Å². The average molecular weight is 492 g/mol. The molecule has 3 amide bonds. The molecule has 0 aromatic heterocycles. The first-order valence-corrected chi connectivity index (χ1v) is 12.3. The summed E-state index contributed by atoms with van der Waals surface area (Å²) in [5.41, 5.74) is -1.32. The molecule has 1 atom stereocenters. The van der Waals surface area contributed by atoms with Crippen LogP contribution in [0.5, 0.6) is 0 Å². The number of urea groups is 1. The minimum atomic E-state index is -4.61. The van der Waals surface area contributed by atoms with Crippen LogP contribution in [0.2, 0.25) is 0 Å². The van der Waals surface area contributed by atoms with E-state index in [0.717, 1.165) is 18.9 Å². The molecule has 0 radical (unpaired) electrons. The predicted molar refractivity (Wildman–Crippen MR) is 125 cm³/mol. The molecular formula is C25H32F3N5O2. The standard InChI is InChI=1S/C25H32F3N5O2/c1-3-31(4-2)23(35)33-15-21(22(34)30-18-6-7-18)24(16-33)9-11-32(12-10-24)19-8-5-17(14-29)20(13-19)25(26,27)28/h5,8,13,18,21H,3-4,6-7,9-12,15-16H2,1-2H3,(H,30,34). The van der Waals surface area contributed by atoms with Gasteiger partial charge >= 0.3 is 12.2 Å². The lowest BCUT2D eigenvalue weighted by atomic mass is 9.70. The number of rotatable bonds is 5. The first kappa shape index (κ1) is 25.1. The van der Waals surface area contributed by atoms with Crippen LogP contribution in [0, 0.1) is 22.7 Å². The number of nitrogens with zero attached hydrogens (tertiary/aromatic N) is 4. The Morgan fingerprint density at radius 2 is 1.86 bits per heavy atom. The third-order valence-corrected chi connectivity index (χ3v) is 7.75. The number of carbonyl (C=O) groups is 2. The highest BCUT2D eigenvalue weighted by Crippen LogP contribution is 2.46. The van der Waals surface area contributed by atoms with E-state index in [0.29, 0.717) is 57.8 Å². The number of hydrogen-bond donors (Lipinski definition) is 1. The molecule has 3 aliphatic rings. The maximum Gasteiger partial charge on any atom is 0.417 e. The second-order valence-electron chi connectivity index (χ2n) is 9.86. The third-order valence-electron chi connectivity index (χ3n) is 7.75. The molecule has 2 saturated heterocycles. The summed E-state index contributed by atoms with van der Waals surface area (Å²) in [5.74, 6) is -0.356. The van der Waals surface area contributed by atoms with Crippen LogP contribution in [0.3, 0.4) is 0 Å². The molecule has 2 heterocycles. The fraction of sp³-hybridized carbons (Fsp3) is 0.640. The molecule has 1 unspecified atom stereocenters. The molecule has 2 aliphatic heterocycles. The summed E-state index contributed by atoms with van der Waals surface area (Å²) in [5, 5.41) is 12.2. The molecule has 1 aliphatic carbocycles. The second kappa shape index (κ2) is 9.59. The SMILES string of the molecule is CCN(CC)C(=O)N1CC(C(=O)NC2CC2)C2(CCN(c3ccc(C#N)c(C(F)(F)F)c3)CC2)C1. The molecule has 7 nitrogen and oxygen atoms in total. The minimum absolute atomic E-state index is 0.0199. The molecule has 1 saturated carbocycles. The second-order valence-corrected chi connectivity index (χ2v) is 9.86. The maximum atomic E-state index is 13.5. The van der Waals surface area contributed by atoms with E-state index >= 15 is 0 Å². The van der Waals surface area contributed by atoms with E-state index in [1.165, 1.54) is 6.07 Å².